The molecule has 2 heterocycles. The van der Waals surface area contributed by atoms with Gasteiger partial charge in [0.25, 0.3) is 0 Å². The van der Waals surface area contributed by atoms with Crippen molar-refractivity contribution in [2.24, 2.45) is 5.92 Å². The van der Waals surface area contributed by atoms with Crippen molar-refractivity contribution in [3.63, 3.8) is 0 Å². The first-order valence-corrected chi connectivity index (χ1v) is 11.4. The number of sulfonamides is 1. The highest BCUT2D eigenvalue weighted by Crippen LogP contribution is 2.32. The smallest absolute Gasteiger partial charge is 0.326 e. The van der Waals surface area contributed by atoms with Crippen molar-refractivity contribution in [1.82, 2.24) is 9.29 Å². The second kappa shape index (κ2) is 8.51. The Kier molecular flexibility index (Phi) is 5.91. The number of halogens is 3. The minimum absolute atomic E-state index is 0.0167. The van der Waals surface area contributed by atoms with E-state index in [2.05, 4.69) is 10.3 Å². The zero-order valence-electron chi connectivity index (χ0n) is 16.8. The monoisotopic (exact) mass is 463 g/mol. The summed E-state index contributed by atoms with van der Waals surface area (Å²) in [7, 11) is -3.91. The van der Waals surface area contributed by atoms with E-state index in [-0.39, 0.29) is 23.7 Å². The van der Waals surface area contributed by atoms with Crippen LogP contribution in [0.4, 0.5) is 18.9 Å². The van der Waals surface area contributed by atoms with Crippen molar-refractivity contribution >= 4 is 32.5 Å². The number of hydrogen-bond donors (Lipinski definition) is 1. The molecule has 1 fully saturated rings. The molecule has 1 aliphatic rings. The standard InChI is InChI=1S/C22H20F3N3O3S/c23-22(24,25)17-8-2-9-18(13-17)27-21(29)16-7-4-12-28(14-16)32(30,31)19-10-1-5-15-6-3-11-26-20(15)19/h1-3,5-6,8-11,13,16H,4,7,12,14H2,(H,27,29). The number of nitrogens with one attached hydrogen (secondary N) is 1. The highest BCUT2D eigenvalue weighted by Gasteiger charge is 2.35. The molecule has 4 rings (SSSR count). The molecule has 0 aliphatic carbocycles. The Labute approximate surface area is 183 Å². The minimum atomic E-state index is -4.52. The zero-order chi connectivity index (χ0) is 22.9. The number of nitrogens with zero attached hydrogens (tertiary/aromatic N) is 2. The number of pyridine rings is 1. The molecule has 0 spiro atoms. The number of hydrogen-bond acceptors (Lipinski definition) is 4. The van der Waals surface area contributed by atoms with E-state index in [9.17, 15) is 26.4 Å². The van der Waals surface area contributed by atoms with Gasteiger partial charge in [0.05, 0.1) is 17.0 Å². The molecule has 10 heteroatoms. The number of anilines is 1. The molecule has 1 amide bonds. The van der Waals surface area contributed by atoms with Gasteiger partial charge in [-0.2, -0.15) is 17.5 Å². The largest absolute Gasteiger partial charge is 0.416 e. The highest BCUT2D eigenvalue weighted by molar-refractivity contribution is 7.89. The fourth-order valence-corrected chi connectivity index (χ4v) is 5.51. The fourth-order valence-electron chi connectivity index (χ4n) is 3.82. The Morgan fingerprint density at radius 2 is 1.84 bits per heavy atom. The Bertz CT molecular complexity index is 1260. The normalized spacial score (nSPS) is 17.9. The summed E-state index contributed by atoms with van der Waals surface area (Å²) in [5.74, 6) is -1.20. The fraction of sp³-hybridized carbons (Fsp3) is 0.273. The summed E-state index contributed by atoms with van der Waals surface area (Å²) >= 11 is 0. The lowest BCUT2D eigenvalue weighted by molar-refractivity contribution is -0.137. The third-order valence-corrected chi connectivity index (χ3v) is 7.32. The van der Waals surface area contributed by atoms with E-state index in [0.717, 1.165) is 12.1 Å². The van der Waals surface area contributed by atoms with Gasteiger partial charge in [-0.25, -0.2) is 8.42 Å². The van der Waals surface area contributed by atoms with Crippen molar-refractivity contribution in [2.75, 3.05) is 18.4 Å². The molecule has 1 aromatic heterocycles. The number of para-hydroxylation sites is 1. The molecule has 32 heavy (non-hydrogen) atoms. The topological polar surface area (TPSA) is 79.4 Å². The number of alkyl halides is 3. The first-order chi connectivity index (χ1) is 15.2. The summed E-state index contributed by atoms with van der Waals surface area (Å²) in [6, 6.07) is 12.7. The molecule has 2 aromatic carbocycles. The molecule has 3 aromatic rings. The number of aromatic nitrogens is 1. The van der Waals surface area contributed by atoms with E-state index in [1.165, 1.54) is 28.7 Å². The highest BCUT2D eigenvalue weighted by atomic mass is 32.2. The van der Waals surface area contributed by atoms with Crippen LogP contribution in [-0.4, -0.2) is 36.7 Å². The second-order valence-electron chi connectivity index (χ2n) is 7.60. The average molecular weight is 463 g/mol. The SMILES string of the molecule is O=C(Nc1cccc(C(F)(F)F)c1)C1CCCN(S(=O)(=O)c2cccc3cccnc23)C1. The number of rotatable bonds is 4. The third kappa shape index (κ3) is 4.46. The molecule has 0 radical (unpaired) electrons. The van der Waals surface area contributed by atoms with Crippen LogP contribution in [0.5, 0.6) is 0 Å². The number of fused-ring (bicyclic) bond motifs is 1. The predicted molar refractivity (Wildman–Crippen MR) is 113 cm³/mol. The number of carbonyl (C=O) groups is 1. The Morgan fingerprint density at radius 1 is 1.09 bits per heavy atom. The van der Waals surface area contributed by atoms with E-state index in [1.54, 1.807) is 24.3 Å². The molecule has 6 nitrogen and oxygen atoms in total. The Hall–Kier alpha value is -2.98. The first kappa shape index (κ1) is 22.2. The summed E-state index contributed by atoms with van der Waals surface area (Å²) in [4.78, 5) is 17.0. The van der Waals surface area contributed by atoms with Gasteiger partial charge >= 0.3 is 6.18 Å². The summed E-state index contributed by atoms with van der Waals surface area (Å²) in [5.41, 5.74) is -0.500. The summed E-state index contributed by atoms with van der Waals surface area (Å²) in [6.45, 7) is 0.190. The van der Waals surface area contributed by atoms with Gasteiger partial charge in [-0.1, -0.05) is 24.3 Å². The Morgan fingerprint density at radius 3 is 2.62 bits per heavy atom. The summed E-state index contributed by atoms with van der Waals surface area (Å²) < 4.78 is 66.6. The maximum Gasteiger partial charge on any atom is 0.416 e. The summed E-state index contributed by atoms with van der Waals surface area (Å²) in [5, 5.41) is 3.18. The molecular formula is C22H20F3N3O3S. The predicted octanol–water partition coefficient (Wildman–Crippen LogP) is 4.29. The minimum Gasteiger partial charge on any atom is -0.326 e. The van der Waals surface area contributed by atoms with Crippen LogP contribution in [0.1, 0.15) is 18.4 Å². The van der Waals surface area contributed by atoms with E-state index in [1.807, 2.05) is 0 Å². The molecule has 1 unspecified atom stereocenters. The molecule has 1 N–H and O–H groups in total. The van der Waals surface area contributed by atoms with Crippen molar-refractivity contribution in [1.29, 1.82) is 0 Å². The van der Waals surface area contributed by atoms with Gasteiger partial charge in [0.1, 0.15) is 4.90 Å². The molecule has 1 aliphatic heterocycles. The van der Waals surface area contributed by atoms with E-state index < -0.39 is 33.6 Å². The lowest BCUT2D eigenvalue weighted by Crippen LogP contribution is -2.43. The molecular weight excluding hydrogens is 443 g/mol. The Balaban J connectivity index is 1.54. The van der Waals surface area contributed by atoms with Crippen LogP contribution in [0, 0.1) is 5.92 Å². The molecule has 0 bridgehead atoms. The van der Waals surface area contributed by atoms with Crippen molar-refractivity contribution in [3.8, 4) is 0 Å². The van der Waals surface area contributed by atoms with Gasteiger partial charge in [0, 0.05) is 30.4 Å². The van der Waals surface area contributed by atoms with Crippen LogP contribution in [0.25, 0.3) is 10.9 Å². The number of piperidine rings is 1. The lowest BCUT2D eigenvalue weighted by atomic mass is 9.98. The average Bonchev–Trinajstić information content (AvgIpc) is 2.78. The van der Waals surface area contributed by atoms with Crippen molar-refractivity contribution < 1.29 is 26.4 Å². The van der Waals surface area contributed by atoms with Crippen LogP contribution >= 0.6 is 0 Å². The number of benzene rings is 2. The van der Waals surface area contributed by atoms with Crippen molar-refractivity contribution in [2.45, 2.75) is 23.9 Å². The van der Waals surface area contributed by atoms with Gasteiger partial charge in [-0.15, -0.1) is 0 Å². The lowest BCUT2D eigenvalue weighted by Gasteiger charge is -2.31. The van der Waals surface area contributed by atoms with E-state index in [4.69, 9.17) is 0 Å². The van der Waals surface area contributed by atoms with Gasteiger partial charge in [0.15, 0.2) is 0 Å². The van der Waals surface area contributed by atoms with Crippen LogP contribution < -0.4 is 5.32 Å². The molecule has 168 valence electrons. The van der Waals surface area contributed by atoms with Gasteiger partial charge < -0.3 is 5.32 Å². The van der Waals surface area contributed by atoms with Gasteiger partial charge in [-0.05, 0) is 43.2 Å². The van der Waals surface area contributed by atoms with Crippen LogP contribution in [-0.2, 0) is 21.0 Å². The van der Waals surface area contributed by atoms with Gasteiger partial charge in [0.2, 0.25) is 15.9 Å². The molecule has 1 atom stereocenters. The van der Waals surface area contributed by atoms with Crippen LogP contribution in [0.2, 0.25) is 0 Å². The second-order valence-corrected chi connectivity index (χ2v) is 9.51. The quantitative estimate of drug-likeness (QED) is 0.626. The summed E-state index contributed by atoms with van der Waals surface area (Å²) in [6.07, 6.45) is -2.12. The third-order valence-electron chi connectivity index (χ3n) is 5.43. The molecule has 0 saturated carbocycles. The van der Waals surface area contributed by atoms with Gasteiger partial charge in [-0.3, -0.25) is 9.78 Å². The maximum absolute atomic E-state index is 13.3. The zero-order valence-corrected chi connectivity index (χ0v) is 17.7. The van der Waals surface area contributed by atoms with Crippen LogP contribution in [0.3, 0.4) is 0 Å². The van der Waals surface area contributed by atoms with E-state index in [0.29, 0.717) is 23.7 Å². The maximum atomic E-state index is 13.3. The van der Waals surface area contributed by atoms with E-state index >= 15 is 0 Å². The first-order valence-electron chi connectivity index (χ1n) is 9.98. The number of carbonyl (C=O) groups excluding carboxylic acids is 1. The van der Waals surface area contributed by atoms with Crippen LogP contribution in [0.15, 0.2) is 65.7 Å². The van der Waals surface area contributed by atoms with Crippen molar-refractivity contribution in [3.05, 3.63) is 66.4 Å². The molecule has 1 saturated heterocycles. The number of amides is 1.